The molecule has 0 saturated heterocycles. The van der Waals surface area contributed by atoms with Gasteiger partial charge in [-0.25, -0.2) is 22.9 Å². The number of ether oxygens (including phenoxy) is 2. The average Bonchev–Trinajstić information content (AvgIpc) is 2.68. The van der Waals surface area contributed by atoms with Gasteiger partial charge in [0.15, 0.2) is 0 Å². The minimum atomic E-state index is -4.14. The van der Waals surface area contributed by atoms with E-state index in [9.17, 15) is 22.8 Å². The number of pyridine rings is 1. The molecule has 2 aromatic rings. The number of nitrogens with zero attached hydrogens (tertiary/aromatic N) is 1. The first-order valence-electron chi connectivity index (χ1n) is 8.44. The van der Waals surface area contributed by atoms with Crippen LogP contribution in [0.1, 0.15) is 30.1 Å². The standard InChI is InChI=1S/C18H19N3O7S/c1-3-4-15(22)20-13-6-8-14(9-7-13)29(25,26)21-17(23)12-5-10-16(19-11-12)28-18(24)27-2/h5-11H,3-4H2,1-2H3,(H,20,22)(H,21,23). The molecule has 10 nitrogen and oxygen atoms in total. The van der Waals surface area contributed by atoms with Crippen LogP contribution < -0.4 is 14.8 Å². The van der Waals surface area contributed by atoms with Crippen molar-refractivity contribution in [3.8, 4) is 5.88 Å². The molecule has 0 unspecified atom stereocenters. The van der Waals surface area contributed by atoms with E-state index in [1.54, 1.807) is 0 Å². The highest BCUT2D eigenvalue weighted by Crippen LogP contribution is 2.15. The van der Waals surface area contributed by atoms with Crippen LogP contribution >= 0.6 is 0 Å². The highest BCUT2D eigenvalue weighted by atomic mass is 32.2. The van der Waals surface area contributed by atoms with E-state index < -0.39 is 22.1 Å². The molecular formula is C18H19N3O7S. The van der Waals surface area contributed by atoms with Gasteiger partial charge in [0.2, 0.25) is 11.8 Å². The number of rotatable bonds is 7. The topological polar surface area (TPSA) is 141 Å². The Morgan fingerprint density at radius 1 is 1.07 bits per heavy atom. The van der Waals surface area contributed by atoms with Crippen LogP contribution in [0.3, 0.4) is 0 Å². The molecule has 0 saturated carbocycles. The summed E-state index contributed by atoms with van der Waals surface area (Å²) in [5.74, 6) is -1.21. The number of benzene rings is 1. The first-order valence-corrected chi connectivity index (χ1v) is 9.92. The molecule has 2 amide bonds. The van der Waals surface area contributed by atoms with Gasteiger partial charge in [0.05, 0.1) is 17.6 Å². The van der Waals surface area contributed by atoms with Crippen LogP contribution in [0.4, 0.5) is 10.5 Å². The van der Waals surface area contributed by atoms with Crippen molar-refractivity contribution < 1.29 is 32.3 Å². The Morgan fingerprint density at radius 3 is 2.31 bits per heavy atom. The fourth-order valence-corrected chi connectivity index (χ4v) is 3.08. The summed E-state index contributed by atoms with van der Waals surface area (Å²) >= 11 is 0. The van der Waals surface area contributed by atoms with Crippen molar-refractivity contribution in [3.63, 3.8) is 0 Å². The van der Waals surface area contributed by atoms with E-state index in [1.165, 1.54) is 36.4 Å². The third-order valence-electron chi connectivity index (χ3n) is 3.51. The number of hydrogen-bond acceptors (Lipinski definition) is 8. The number of carbonyl (C=O) groups is 3. The van der Waals surface area contributed by atoms with Gasteiger partial charge < -0.3 is 14.8 Å². The normalized spacial score (nSPS) is 10.7. The first-order chi connectivity index (χ1) is 13.7. The summed E-state index contributed by atoms with van der Waals surface area (Å²) in [6, 6.07) is 7.83. The lowest BCUT2D eigenvalue weighted by Crippen LogP contribution is -2.30. The zero-order valence-electron chi connectivity index (χ0n) is 15.7. The Morgan fingerprint density at radius 2 is 1.76 bits per heavy atom. The molecule has 0 spiro atoms. The van der Waals surface area contributed by atoms with Crippen LogP contribution in [0, 0.1) is 0 Å². The molecule has 29 heavy (non-hydrogen) atoms. The van der Waals surface area contributed by atoms with E-state index in [1.807, 2.05) is 11.6 Å². The Labute approximate surface area is 167 Å². The third-order valence-corrected chi connectivity index (χ3v) is 4.85. The van der Waals surface area contributed by atoms with Gasteiger partial charge in [-0.1, -0.05) is 6.92 Å². The number of hydrogen-bond donors (Lipinski definition) is 2. The maximum Gasteiger partial charge on any atom is 0.514 e. The quantitative estimate of drug-likeness (QED) is 0.648. The molecule has 11 heteroatoms. The maximum atomic E-state index is 12.4. The molecule has 1 aromatic heterocycles. The molecule has 0 bridgehead atoms. The predicted octanol–water partition coefficient (Wildman–Crippen LogP) is 2.08. The number of carbonyl (C=O) groups excluding carboxylic acids is 3. The number of amides is 2. The van der Waals surface area contributed by atoms with Crippen molar-refractivity contribution in [2.75, 3.05) is 12.4 Å². The fraction of sp³-hybridized carbons (Fsp3) is 0.222. The lowest BCUT2D eigenvalue weighted by Gasteiger charge is -2.09. The summed E-state index contributed by atoms with van der Waals surface area (Å²) in [5, 5.41) is 2.64. The lowest BCUT2D eigenvalue weighted by molar-refractivity contribution is -0.116. The SMILES string of the molecule is CCCC(=O)Nc1ccc(S(=O)(=O)NC(=O)c2ccc(OC(=O)OC)nc2)cc1. The Balaban J connectivity index is 2.05. The highest BCUT2D eigenvalue weighted by Gasteiger charge is 2.19. The van der Waals surface area contributed by atoms with Gasteiger partial charge in [0.25, 0.3) is 15.9 Å². The van der Waals surface area contributed by atoms with Crippen LogP contribution in [-0.2, 0) is 19.6 Å². The molecule has 0 aliphatic rings. The van der Waals surface area contributed by atoms with Crippen LogP contribution in [0.5, 0.6) is 5.88 Å². The van der Waals surface area contributed by atoms with Crippen LogP contribution in [0.25, 0.3) is 0 Å². The second-order valence-electron chi connectivity index (χ2n) is 5.70. The second kappa shape index (κ2) is 9.64. The molecule has 0 fully saturated rings. The number of nitrogens with one attached hydrogen (secondary N) is 2. The fourth-order valence-electron chi connectivity index (χ4n) is 2.11. The van der Waals surface area contributed by atoms with Gasteiger partial charge in [0, 0.05) is 24.4 Å². The largest absolute Gasteiger partial charge is 0.514 e. The zero-order valence-corrected chi connectivity index (χ0v) is 16.5. The summed E-state index contributed by atoms with van der Waals surface area (Å²) in [5.41, 5.74) is 0.383. The zero-order chi connectivity index (χ0) is 21.4. The summed E-state index contributed by atoms with van der Waals surface area (Å²) < 4.78 is 35.6. The van der Waals surface area contributed by atoms with E-state index in [4.69, 9.17) is 0 Å². The molecule has 1 aromatic carbocycles. The minimum absolute atomic E-state index is 0.0609. The van der Waals surface area contributed by atoms with Gasteiger partial charge in [0.1, 0.15) is 0 Å². The van der Waals surface area contributed by atoms with Gasteiger partial charge in [-0.05, 0) is 36.8 Å². The monoisotopic (exact) mass is 421 g/mol. The maximum absolute atomic E-state index is 12.4. The van der Waals surface area contributed by atoms with Crippen molar-refractivity contribution in [2.24, 2.45) is 0 Å². The van der Waals surface area contributed by atoms with Gasteiger partial charge >= 0.3 is 6.16 Å². The Bertz CT molecular complexity index is 987. The Kier molecular flexibility index (Phi) is 7.26. The van der Waals surface area contributed by atoms with Crippen molar-refractivity contribution in [1.29, 1.82) is 0 Å². The van der Waals surface area contributed by atoms with E-state index in [-0.39, 0.29) is 22.2 Å². The smallest absolute Gasteiger partial charge is 0.437 e. The number of methoxy groups -OCH3 is 1. The van der Waals surface area contributed by atoms with E-state index >= 15 is 0 Å². The van der Waals surface area contributed by atoms with Gasteiger partial charge in [-0.15, -0.1) is 0 Å². The van der Waals surface area contributed by atoms with Crippen LogP contribution in [0.2, 0.25) is 0 Å². The molecule has 0 aliphatic carbocycles. The second-order valence-corrected chi connectivity index (χ2v) is 7.38. The average molecular weight is 421 g/mol. The highest BCUT2D eigenvalue weighted by molar-refractivity contribution is 7.90. The molecule has 2 rings (SSSR count). The summed E-state index contributed by atoms with van der Waals surface area (Å²) in [7, 11) is -3.02. The van der Waals surface area contributed by atoms with Crippen molar-refractivity contribution >= 4 is 33.7 Å². The van der Waals surface area contributed by atoms with Crippen molar-refractivity contribution in [2.45, 2.75) is 24.7 Å². The molecule has 0 radical (unpaired) electrons. The van der Waals surface area contributed by atoms with E-state index in [0.717, 1.165) is 13.3 Å². The predicted molar refractivity (Wildman–Crippen MR) is 102 cm³/mol. The lowest BCUT2D eigenvalue weighted by atomic mass is 10.3. The van der Waals surface area contributed by atoms with Crippen LogP contribution in [0.15, 0.2) is 47.5 Å². The molecular weight excluding hydrogens is 402 g/mol. The van der Waals surface area contributed by atoms with E-state index in [2.05, 4.69) is 19.8 Å². The van der Waals surface area contributed by atoms with Gasteiger partial charge in [-0.3, -0.25) is 9.59 Å². The van der Waals surface area contributed by atoms with Gasteiger partial charge in [-0.2, -0.15) is 0 Å². The van der Waals surface area contributed by atoms with Crippen molar-refractivity contribution in [3.05, 3.63) is 48.2 Å². The third kappa shape index (κ3) is 6.28. The number of sulfonamides is 1. The summed E-state index contributed by atoms with van der Waals surface area (Å²) in [6.45, 7) is 1.87. The molecule has 1 heterocycles. The molecule has 0 atom stereocenters. The van der Waals surface area contributed by atoms with E-state index in [0.29, 0.717) is 18.5 Å². The summed E-state index contributed by atoms with van der Waals surface area (Å²) in [6.07, 6.45) is 1.12. The summed E-state index contributed by atoms with van der Waals surface area (Å²) in [4.78, 5) is 38.3. The van der Waals surface area contributed by atoms with Crippen LogP contribution in [-0.4, -0.2) is 38.5 Å². The minimum Gasteiger partial charge on any atom is -0.437 e. The Hall–Kier alpha value is -3.47. The molecule has 2 N–H and O–H groups in total. The molecule has 0 aliphatic heterocycles. The number of anilines is 1. The number of aromatic nitrogens is 1. The molecule has 154 valence electrons. The first kappa shape index (κ1) is 21.8. The van der Waals surface area contributed by atoms with Crippen molar-refractivity contribution in [1.82, 2.24) is 9.71 Å².